The molecule has 1 aromatic carbocycles. The molecule has 0 radical (unpaired) electrons. The molecule has 1 amide bonds. The Bertz CT molecular complexity index is 553. The number of aryl methyl sites for hydroxylation is 1. The molecule has 7 nitrogen and oxygen atoms in total. The highest BCUT2D eigenvalue weighted by Gasteiger charge is 2.13. The quantitative estimate of drug-likeness (QED) is 0.625. The minimum atomic E-state index is -0.596. The van der Waals surface area contributed by atoms with Crippen LogP contribution >= 0.6 is 0 Å². The molecule has 112 valence electrons. The van der Waals surface area contributed by atoms with Gasteiger partial charge >= 0.3 is 0 Å². The van der Waals surface area contributed by atoms with Gasteiger partial charge in [-0.25, -0.2) is 0 Å². The Morgan fingerprint density at radius 3 is 2.81 bits per heavy atom. The first-order chi connectivity index (χ1) is 10.1. The van der Waals surface area contributed by atoms with Gasteiger partial charge in [-0.3, -0.25) is 9.48 Å². The average molecular weight is 289 g/mol. The van der Waals surface area contributed by atoms with Crippen LogP contribution in [0.3, 0.4) is 0 Å². The van der Waals surface area contributed by atoms with Crippen LogP contribution in [0.2, 0.25) is 0 Å². The second-order valence-electron chi connectivity index (χ2n) is 4.79. The van der Waals surface area contributed by atoms with Gasteiger partial charge < -0.3 is 16.2 Å². The zero-order valence-corrected chi connectivity index (χ0v) is 11.6. The van der Waals surface area contributed by atoms with Gasteiger partial charge in [0, 0.05) is 19.3 Å². The zero-order valence-electron chi connectivity index (χ0n) is 11.6. The van der Waals surface area contributed by atoms with E-state index in [1.54, 1.807) is 41.3 Å². The third kappa shape index (κ3) is 4.88. The van der Waals surface area contributed by atoms with E-state index in [0.29, 0.717) is 19.5 Å². The lowest BCUT2D eigenvalue weighted by atomic mass is 10.1. The maximum absolute atomic E-state index is 11.9. The number of phenols is 1. The molecule has 21 heavy (non-hydrogen) atoms. The molecule has 0 bridgehead atoms. The summed E-state index contributed by atoms with van der Waals surface area (Å²) in [7, 11) is 0. The van der Waals surface area contributed by atoms with E-state index in [0.717, 1.165) is 12.0 Å². The summed E-state index contributed by atoms with van der Waals surface area (Å²) < 4.78 is 1.71. The largest absolute Gasteiger partial charge is 0.508 e. The van der Waals surface area contributed by atoms with Crippen LogP contribution in [0.5, 0.6) is 5.75 Å². The van der Waals surface area contributed by atoms with Crippen LogP contribution in [0.1, 0.15) is 12.0 Å². The Labute approximate surface area is 122 Å². The van der Waals surface area contributed by atoms with Gasteiger partial charge in [0.2, 0.25) is 5.91 Å². The highest BCUT2D eigenvalue weighted by molar-refractivity contribution is 5.81. The van der Waals surface area contributed by atoms with Crippen LogP contribution in [0.25, 0.3) is 0 Å². The number of benzene rings is 1. The Hall–Kier alpha value is -2.41. The predicted molar refractivity (Wildman–Crippen MR) is 77.4 cm³/mol. The van der Waals surface area contributed by atoms with E-state index in [9.17, 15) is 9.90 Å². The van der Waals surface area contributed by atoms with E-state index in [1.807, 2.05) is 0 Å². The number of carbonyl (C=O) groups is 1. The first kappa shape index (κ1) is 15.0. The van der Waals surface area contributed by atoms with E-state index in [4.69, 9.17) is 5.73 Å². The first-order valence-electron chi connectivity index (χ1n) is 6.80. The number of hydrogen-bond acceptors (Lipinski definition) is 5. The molecular weight excluding hydrogens is 270 g/mol. The highest BCUT2D eigenvalue weighted by atomic mass is 16.3. The van der Waals surface area contributed by atoms with Crippen molar-refractivity contribution in [2.45, 2.75) is 25.4 Å². The molecule has 1 aromatic heterocycles. The molecule has 0 saturated carbocycles. The molecule has 0 aliphatic carbocycles. The van der Waals surface area contributed by atoms with Crippen molar-refractivity contribution < 1.29 is 9.90 Å². The van der Waals surface area contributed by atoms with Gasteiger partial charge in [0.25, 0.3) is 0 Å². The molecule has 1 atom stereocenters. The van der Waals surface area contributed by atoms with E-state index >= 15 is 0 Å². The topological polar surface area (TPSA) is 106 Å². The Morgan fingerprint density at radius 2 is 2.14 bits per heavy atom. The first-order valence-corrected chi connectivity index (χ1v) is 6.80. The number of nitrogens with one attached hydrogen (secondary N) is 1. The third-order valence-electron chi connectivity index (χ3n) is 3.06. The summed E-state index contributed by atoms with van der Waals surface area (Å²) >= 11 is 0. The minimum absolute atomic E-state index is 0.179. The maximum atomic E-state index is 11.9. The van der Waals surface area contributed by atoms with Gasteiger partial charge in [-0.15, -0.1) is 5.10 Å². The second-order valence-corrected chi connectivity index (χ2v) is 4.79. The summed E-state index contributed by atoms with van der Waals surface area (Å²) in [5.74, 6) is 0.0200. The van der Waals surface area contributed by atoms with Crippen LogP contribution in [-0.2, 0) is 17.8 Å². The summed E-state index contributed by atoms with van der Waals surface area (Å²) in [6.07, 6.45) is 4.60. The van der Waals surface area contributed by atoms with Crippen molar-refractivity contribution in [2.75, 3.05) is 6.54 Å². The summed E-state index contributed by atoms with van der Waals surface area (Å²) in [4.78, 5) is 11.9. The van der Waals surface area contributed by atoms with Crippen molar-refractivity contribution in [3.8, 4) is 5.75 Å². The number of aromatic hydroxyl groups is 1. The molecular formula is C14H19N5O2. The third-order valence-corrected chi connectivity index (χ3v) is 3.06. The van der Waals surface area contributed by atoms with Gasteiger partial charge in [-0.05, 0) is 30.5 Å². The van der Waals surface area contributed by atoms with Crippen molar-refractivity contribution in [3.63, 3.8) is 0 Å². The predicted octanol–water partition coefficient (Wildman–Crippen LogP) is 0.0600. The Balaban J connectivity index is 1.68. The van der Waals surface area contributed by atoms with Crippen molar-refractivity contribution in [1.29, 1.82) is 0 Å². The standard InChI is InChI=1S/C14H19N5O2/c15-13(10-11-2-4-12(20)5-3-11)14(21)16-6-1-8-19-9-7-17-18-19/h2-5,7,9,13,20H,1,6,8,10,15H2,(H,16,21)/t13-/m0/s1. The van der Waals surface area contributed by atoms with Crippen LogP contribution < -0.4 is 11.1 Å². The second kappa shape index (κ2) is 7.39. The number of hydrogen-bond donors (Lipinski definition) is 3. The van der Waals surface area contributed by atoms with Gasteiger partial charge in [-0.2, -0.15) is 0 Å². The maximum Gasteiger partial charge on any atom is 0.237 e. The van der Waals surface area contributed by atoms with Gasteiger partial charge in [-0.1, -0.05) is 17.3 Å². The lowest BCUT2D eigenvalue weighted by Gasteiger charge is -2.12. The lowest BCUT2D eigenvalue weighted by molar-refractivity contribution is -0.122. The molecule has 1 heterocycles. The molecule has 4 N–H and O–H groups in total. The molecule has 0 saturated heterocycles. The molecule has 0 aliphatic heterocycles. The zero-order chi connectivity index (χ0) is 15.1. The summed E-state index contributed by atoms with van der Waals surface area (Å²) in [5.41, 5.74) is 6.78. The molecule has 2 aromatic rings. The summed E-state index contributed by atoms with van der Waals surface area (Å²) in [5, 5.41) is 19.5. The van der Waals surface area contributed by atoms with Crippen molar-refractivity contribution >= 4 is 5.91 Å². The van der Waals surface area contributed by atoms with E-state index in [-0.39, 0.29) is 11.7 Å². The summed E-state index contributed by atoms with van der Waals surface area (Å²) in [6.45, 7) is 1.25. The minimum Gasteiger partial charge on any atom is -0.508 e. The van der Waals surface area contributed by atoms with E-state index in [1.165, 1.54) is 0 Å². The number of aromatic nitrogens is 3. The molecule has 0 spiro atoms. The van der Waals surface area contributed by atoms with Gasteiger partial charge in [0.1, 0.15) is 5.75 Å². The summed E-state index contributed by atoms with van der Waals surface area (Å²) in [6, 6.07) is 6.08. The number of phenolic OH excluding ortho intramolecular Hbond substituents is 1. The van der Waals surface area contributed by atoms with Crippen LogP contribution in [0.15, 0.2) is 36.7 Å². The lowest BCUT2D eigenvalue weighted by Crippen LogP contribution is -2.42. The molecule has 7 heteroatoms. The van der Waals surface area contributed by atoms with Crippen LogP contribution in [0.4, 0.5) is 0 Å². The Kier molecular flexibility index (Phi) is 5.28. The fourth-order valence-corrected chi connectivity index (χ4v) is 1.91. The number of nitrogens with zero attached hydrogens (tertiary/aromatic N) is 3. The average Bonchev–Trinajstić information content (AvgIpc) is 2.99. The Morgan fingerprint density at radius 1 is 1.38 bits per heavy atom. The van der Waals surface area contributed by atoms with Gasteiger partial charge in [0.05, 0.1) is 12.2 Å². The molecule has 0 aliphatic rings. The molecule has 2 rings (SSSR count). The van der Waals surface area contributed by atoms with E-state index < -0.39 is 6.04 Å². The van der Waals surface area contributed by atoms with Gasteiger partial charge in [0.15, 0.2) is 0 Å². The normalized spacial score (nSPS) is 12.0. The number of carbonyl (C=O) groups excluding carboxylic acids is 1. The smallest absolute Gasteiger partial charge is 0.237 e. The molecule has 0 unspecified atom stereocenters. The fourth-order valence-electron chi connectivity index (χ4n) is 1.91. The number of rotatable bonds is 7. The van der Waals surface area contributed by atoms with Crippen molar-refractivity contribution in [1.82, 2.24) is 20.3 Å². The van der Waals surface area contributed by atoms with Crippen LogP contribution in [-0.4, -0.2) is 38.6 Å². The monoisotopic (exact) mass is 289 g/mol. The van der Waals surface area contributed by atoms with E-state index in [2.05, 4.69) is 15.6 Å². The SMILES string of the molecule is N[C@@H](Cc1ccc(O)cc1)C(=O)NCCCn1ccnn1. The van der Waals surface area contributed by atoms with Crippen molar-refractivity contribution in [2.24, 2.45) is 5.73 Å². The number of nitrogens with two attached hydrogens (primary N) is 1. The fraction of sp³-hybridized carbons (Fsp3) is 0.357. The van der Waals surface area contributed by atoms with Crippen LogP contribution in [0, 0.1) is 0 Å². The molecule has 0 fully saturated rings. The number of amides is 1. The highest BCUT2D eigenvalue weighted by Crippen LogP contribution is 2.10. The van der Waals surface area contributed by atoms with Crippen molar-refractivity contribution in [3.05, 3.63) is 42.2 Å².